The summed E-state index contributed by atoms with van der Waals surface area (Å²) in [7, 11) is 0. The van der Waals surface area contributed by atoms with Gasteiger partial charge in [0.25, 0.3) is 6.47 Å². The molecule has 0 radical (unpaired) electrons. The van der Waals surface area contributed by atoms with E-state index in [1.54, 1.807) is 24.3 Å². The van der Waals surface area contributed by atoms with Crippen molar-refractivity contribution in [3.8, 4) is 5.75 Å². The van der Waals surface area contributed by atoms with Gasteiger partial charge in [-0.25, -0.2) is 0 Å². The van der Waals surface area contributed by atoms with E-state index in [2.05, 4.69) is 27.9 Å². The largest absolute Gasteiger partial charge is 0.429 e. The molecular weight excluding hydrogens is 286 g/mol. The first kappa shape index (κ1) is 14.6. The minimum atomic E-state index is 0.412. The molecule has 1 aliphatic rings. The molecule has 3 aromatic rings. The summed E-state index contributed by atoms with van der Waals surface area (Å²) >= 11 is 0. The monoisotopic (exact) mass is 300 g/mol. The Kier molecular flexibility index (Phi) is 4.53. The number of para-hydroxylation sites is 2. The maximum atomic E-state index is 9.75. The van der Waals surface area contributed by atoms with Gasteiger partial charge in [0.1, 0.15) is 5.75 Å². The van der Waals surface area contributed by atoms with E-state index in [4.69, 9.17) is 0 Å². The second kappa shape index (κ2) is 7.12. The van der Waals surface area contributed by atoms with Crippen molar-refractivity contribution in [3.05, 3.63) is 90.1 Å². The predicted molar refractivity (Wildman–Crippen MR) is 90.8 cm³/mol. The molecule has 0 fully saturated rings. The molecule has 0 spiro atoms. The highest BCUT2D eigenvalue weighted by Gasteiger charge is 2.11. The fraction of sp³-hybridized carbons (Fsp3) is 0. The molecule has 0 saturated heterocycles. The molecule has 0 atom stereocenters. The predicted octanol–water partition coefficient (Wildman–Crippen LogP) is 4.19. The molecule has 4 rings (SSSR count). The standard InChI is InChI=1S/C13H8N.C7H6O2/c1-3-7-12-10(5-1)9-11-6-2-4-8-13(11)14-12;8-6-9-7-4-2-1-3-5-7/h1-5,7-9H;1-6H/q+1;. The third-order valence-electron chi connectivity index (χ3n) is 3.27. The highest BCUT2D eigenvalue weighted by molar-refractivity contribution is 5.81. The van der Waals surface area contributed by atoms with Gasteiger partial charge in [0, 0.05) is 29.7 Å². The van der Waals surface area contributed by atoms with Crippen LogP contribution in [0.25, 0.3) is 17.0 Å². The molecule has 1 heterocycles. The van der Waals surface area contributed by atoms with Crippen LogP contribution in [0.2, 0.25) is 0 Å². The van der Waals surface area contributed by atoms with Gasteiger partial charge in [-0.1, -0.05) is 30.3 Å². The van der Waals surface area contributed by atoms with E-state index >= 15 is 0 Å². The van der Waals surface area contributed by atoms with Crippen molar-refractivity contribution in [1.82, 2.24) is 4.98 Å². The van der Waals surface area contributed by atoms with Crippen LogP contribution in [0, 0.1) is 6.08 Å². The van der Waals surface area contributed by atoms with E-state index in [0.717, 1.165) is 16.8 Å². The number of aromatic nitrogens is 1. The molecule has 0 saturated carbocycles. The number of carbonyl (C=O) groups is 1. The maximum Gasteiger partial charge on any atom is 0.298 e. The molecule has 0 N–H and O–H groups in total. The van der Waals surface area contributed by atoms with Crippen molar-refractivity contribution in [3.63, 3.8) is 0 Å². The van der Waals surface area contributed by atoms with Crippen LogP contribution in [-0.2, 0) is 4.79 Å². The number of allylic oxidation sites excluding steroid dienone is 2. The molecule has 23 heavy (non-hydrogen) atoms. The molecule has 0 bridgehead atoms. The number of pyridine rings is 1. The molecule has 0 unspecified atom stereocenters. The second-order valence-corrected chi connectivity index (χ2v) is 4.81. The van der Waals surface area contributed by atoms with Crippen molar-refractivity contribution in [2.24, 2.45) is 0 Å². The third kappa shape index (κ3) is 3.67. The molecule has 2 aromatic carbocycles. The van der Waals surface area contributed by atoms with Gasteiger partial charge >= 0.3 is 0 Å². The van der Waals surface area contributed by atoms with Crippen molar-refractivity contribution >= 4 is 23.5 Å². The van der Waals surface area contributed by atoms with Gasteiger partial charge in [0.2, 0.25) is 0 Å². The van der Waals surface area contributed by atoms with Gasteiger partial charge in [-0.05, 0) is 24.3 Å². The summed E-state index contributed by atoms with van der Waals surface area (Å²) < 4.78 is 4.53. The van der Waals surface area contributed by atoms with Crippen LogP contribution < -0.4 is 4.74 Å². The number of fused-ring (bicyclic) bond motifs is 2. The number of rotatable bonds is 2. The van der Waals surface area contributed by atoms with Crippen LogP contribution in [0.4, 0.5) is 0 Å². The zero-order valence-electron chi connectivity index (χ0n) is 12.3. The van der Waals surface area contributed by atoms with Crippen LogP contribution in [0.1, 0.15) is 11.3 Å². The fourth-order valence-electron chi connectivity index (χ4n) is 2.21. The van der Waals surface area contributed by atoms with Crippen molar-refractivity contribution in [2.75, 3.05) is 0 Å². The van der Waals surface area contributed by atoms with Gasteiger partial charge in [0.05, 0.1) is 11.6 Å². The lowest BCUT2D eigenvalue weighted by molar-refractivity contribution is -0.120. The summed E-state index contributed by atoms with van der Waals surface area (Å²) in [4.78, 5) is 14.3. The Bertz CT molecular complexity index is 817. The second-order valence-electron chi connectivity index (χ2n) is 4.81. The van der Waals surface area contributed by atoms with Crippen LogP contribution >= 0.6 is 0 Å². The molecule has 3 nitrogen and oxygen atoms in total. The van der Waals surface area contributed by atoms with Crippen LogP contribution in [-0.4, -0.2) is 11.5 Å². The lowest BCUT2D eigenvalue weighted by Crippen LogP contribution is -1.91. The number of nitrogens with zero attached hydrogens (tertiary/aromatic N) is 1. The minimum Gasteiger partial charge on any atom is -0.429 e. The van der Waals surface area contributed by atoms with Gasteiger partial charge in [0.15, 0.2) is 11.3 Å². The smallest absolute Gasteiger partial charge is 0.298 e. The van der Waals surface area contributed by atoms with E-state index in [1.807, 2.05) is 42.5 Å². The first-order chi connectivity index (χ1) is 11.4. The average molecular weight is 300 g/mol. The quantitative estimate of drug-likeness (QED) is 0.526. The Hall–Kier alpha value is -3.29. The average Bonchev–Trinajstić information content (AvgIpc) is 2.62. The van der Waals surface area contributed by atoms with Gasteiger partial charge in [-0.2, -0.15) is 4.98 Å². The molecule has 1 aromatic heterocycles. The van der Waals surface area contributed by atoms with Crippen LogP contribution in [0.5, 0.6) is 5.75 Å². The number of benzene rings is 2. The molecule has 0 amide bonds. The van der Waals surface area contributed by atoms with Crippen molar-refractivity contribution in [1.29, 1.82) is 0 Å². The molecule has 0 aliphatic heterocycles. The number of hydrogen-bond donors (Lipinski definition) is 0. The first-order valence-electron chi connectivity index (χ1n) is 7.18. The Morgan fingerprint density at radius 3 is 2.61 bits per heavy atom. The summed E-state index contributed by atoms with van der Waals surface area (Å²) in [6, 6.07) is 19.2. The Balaban J connectivity index is 0.000000151. The Morgan fingerprint density at radius 1 is 1.00 bits per heavy atom. The minimum absolute atomic E-state index is 0.412. The van der Waals surface area contributed by atoms with Gasteiger partial charge < -0.3 is 4.74 Å². The lowest BCUT2D eigenvalue weighted by atomic mass is 10.1. The van der Waals surface area contributed by atoms with Gasteiger partial charge in [-0.3, -0.25) is 4.79 Å². The summed E-state index contributed by atoms with van der Waals surface area (Å²) in [6.07, 6.45) is 9.07. The van der Waals surface area contributed by atoms with E-state index < -0.39 is 0 Å². The van der Waals surface area contributed by atoms with E-state index in [0.29, 0.717) is 12.2 Å². The summed E-state index contributed by atoms with van der Waals surface area (Å²) in [5, 5.41) is 1.17. The molecule has 110 valence electrons. The highest BCUT2D eigenvalue weighted by atomic mass is 16.5. The van der Waals surface area contributed by atoms with Crippen molar-refractivity contribution in [2.45, 2.75) is 0 Å². The number of hydrogen-bond acceptors (Lipinski definition) is 3. The molecular formula is C20H14NO2+. The van der Waals surface area contributed by atoms with E-state index in [1.165, 1.54) is 5.39 Å². The SMILES string of the molecule is O=COc1ccccc1.[C+]1=CC=Cc2nc3ccccc3cc21. The lowest BCUT2D eigenvalue weighted by Gasteiger charge is -1.98. The van der Waals surface area contributed by atoms with E-state index in [9.17, 15) is 4.79 Å². The fourth-order valence-corrected chi connectivity index (χ4v) is 2.21. The zero-order chi connectivity index (χ0) is 15.9. The zero-order valence-corrected chi connectivity index (χ0v) is 12.3. The number of carbonyl (C=O) groups excluding carboxylic acids is 1. The Labute approximate surface area is 134 Å². The summed E-state index contributed by atoms with van der Waals surface area (Å²) in [5.41, 5.74) is 3.12. The Morgan fingerprint density at radius 2 is 1.78 bits per heavy atom. The number of ether oxygens (including phenoxy) is 1. The maximum absolute atomic E-state index is 9.75. The normalized spacial score (nSPS) is 11.0. The third-order valence-corrected chi connectivity index (χ3v) is 3.27. The molecule has 3 heteroatoms. The van der Waals surface area contributed by atoms with Crippen LogP contribution in [0.15, 0.2) is 72.8 Å². The summed E-state index contributed by atoms with van der Waals surface area (Å²) in [6.45, 7) is 0.412. The molecule has 1 aliphatic carbocycles. The van der Waals surface area contributed by atoms with E-state index in [-0.39, 0.29) is 0 Å². The highest BCUT2D eigenvalue weighted by Crippen LogP contribution is 2.19. The first-order valence-corrected chi connectivity index (χ1v) is 7.18. The van der Waals surface area contributed by atoms with Crippen LogP contribution in [0.3, 0.4) is 0 Å². The topological polar surface area (TPSA) is 39.2 Å². The summed E-state index contributed by atoms with van der Waals surface area (Å²) in [5.74, 6) is 0.576. The van der Waals surface area contributed by atoms with Crippen molar-refractivity contribution < 1.29 is 9.53 Å². The van der Waals surface area contributed by atoms with Gasteiger partial charge in [-0.15, -0.1) is 0 Å².